The van der Waals surface area contributed by atoms with Crippen LogP contribution in [0.1, 0.15) is 43.8 Å². The van der Waals surface area contributed by atoms with Crippen LogP contribution in [0.15, 0.2) is 35.8 Å². The molecule has 5 nitrogen and oxygen atoms in total. The van der Waals surface area contributed by atoms with E-state index in [4.69, 9.17) is 5.11 Å². The number of halogens is 1. The summed E-state index contributed by atoms with van der Waals surface area (Å²) in [5, 5.41) is 16.2. The highest BCUT2D eigenvalue weighted by Gasteiger charge is 2.24. The van der Waals surface area contributed by atoms with E-state index >= 15 is 0 Å². The summed E-state index contributed by atoms with van der Waals surface area (Å²) in [4.78, 5) is 15.5. The van der Waals surface area contributed by atoms with Gasteiger partial charge in [-0.1, -0.05) is 19.3 Å². The van der Waals surface area contributed by atoms with Crippen LogP contribution in [0.2, 0.25) is 0 Å². The number of thiazole rings is 1. The lowest BCUT2D eigenvalue weighted by molar-refractivity contribution is -0.136. The lowest BCUT2D eigenvalue weighted by Gasteiger charge is -2.24. The van der Waals surface area contributed by atoms with Crippen molar-refractivity contribution in [3.8, 4) is 21.8 Å². The number of hydrogen-bond acceptors (Lipinski definition) is 4. The molecule has 2 heterocycles. The van der Waals surface area contributed by atoms with Gasteiger partial charge in [0.25, 0.3) is 0 Å². The van der Waals surface area contributed by atoms with Gasteiger partial charge in [0.15, 0.2) is 0 Å². The van der Waals surface area contributed by atoms with Crippen LogP contribution in [0.4, 0.5) is 4.39 Å². The molecule has 0 amide bonds. The Hall–Kier alpha value is -2.54. The Morgan fingerprint density at radius 3 is 2.67 bits per heavy atom. The van der Waals surface area contributed by atoms with Crippen molar-refractivity contribution in [1.82, 2.24) is 14.8 Å². The maximum atomic E-state index is 13.4. The van der Waals surface area contributed by atoms with Crippen molar-refractivity contribution in [3.63, 3.8) is 0 Å². The topological polar surface area (TPSA) is 68.0 Å². The Labute approximate surface area is 160 Å². The van der Waals surface area contributed by atoms with Crippen LogP contribution in [0.3, 0.4) is 0 Å². The Morgan fingerprint density at radius 1 is 1.22 bits per heavy atom. The number of rotatable bonds is 5. The number of aromatic nitrogens is 3. The second-order valence-corrected chi connectivity index (χ2v) is 7.72. The monoisotopic (exact) mass is 385 g/mol. The summed E-state index contributed by atoms with van der Waals surface area (Å²) >= 11 is 1.41. The number of carbonyl (C=O) groups is 1. The fourth-order valence-electron chi connectivity index (χ4n) is 3.68. The van der Waals surface area contributed by atoms with Gasteiger partial charge in [-0.25, -0.2) is 9.37 Å². The van der Waals surface area contributed by atoms with Crippen molar-refractivity contribution < 1.29 is 14.3 Å². The van der Waals surface area contributed by atoms with Gasteiger partial charge in [-0.05, 0) is 37.1 Å². The second-order valence-electron chi connectivity index (χ2n) is 6.86. The highest BCUT2D eigenvalue weighted by molar-refractivity contribution is 7.13. The summed E-state index contributed by atoms with van der Waals surface area (Å²) in [6.07, 6.45) is 7.48. The maximum absolute atomic E-state index is 13.4. The molecule has 1 aromatic carbocycles. The van der Waals surface area contributed by atoms with Crippen LogP contribution in [0, 0.1) is 5.82 Å². The van der Waals surface area contributed by atoms with Gasteiger partial charge in [0.05, 0.1) is 35.6 Å². The molecule has 0 saturated heterocycles. The van der Waals surface area contributed by atoms with Gasteiger partial charge >= 0.3 is 5.97 Å². The fourth-order valence-corrected chi connectivity index (χ4v) is 4.51. The standard InChI is InChI=1S/C20H20FN3O2S/c21-14-8-6-13(7-9-14)19-17(20-23-15(12-27-20)10-18(25)26)11-22-24(19)16-4-2-1-3-5-16/h6-9,11-12,16H,1-5,10H2,(H,25,26). The lowest BCUT2D eigenvalue weighted by Crippen LogP contribution is -2.15. The number of nitrogens with zero attached hydrogens (tertiary/aromatic N) is 3. The molecule has 2 aromatic heterocycles. The third-order valence-electron chi connectivity index (χ3n) is 4.95. The van der Waals surface area contributed by atoms with E-state index in [2.05, 4.69) is 14.8 Å². The predicted octanol–water partition coefficient (Wildman–Crippen LogP) is 4.95. The minimum atomic E-state index is -0.900. The summed E-state index contributed by atoms with van der Waals surface area (Å²) in [7, 11) is 0. The SMILES string of the molecule is O=C(O)Cc1csc(-c2cnn(C3CCCCC3)c2-c2ccc(F)cc2)n1. The molecule has 27 heavy (non-hydrogen) atoms. The average molecular weight is 385 g/mol. The smallest absolute Gasteiger partial charge is 0.309 e. The minimum Gasteiger partial charge on any atom is -0.481 e. The zero-order valence-corrected chi connectivity index (χ0v) is 15.6. The Kier molecular flexibility index (Phi) is 5.03. The molecule has 1 fully saturated rings. The first kappa shape index (κ1) is 17.9. The van der Waals surface area contributed by atoms with E-state index in [1.807, 2.05) is 0 Å². The van der Waals surface area contributed by atoms with E-state index in [-0.39, 0.29) is 12.2 Å². The quantitative estimate of drug-likeness (QED) is 0.675. The predicted molar refractivity (Wildman–Crippen MR) is 102 cm³/mol. The van der Waals surface area contributed by atoms with Gasteiger partial charge in [-0.3, -0.25) is 9.48 Å². The molecule has 1 aliphatic rings. The highest BCUT2D eigenvalue weighted by Crippen LogP contribution is 2.38. The van der Waals surface area contributed by atoms with Gasteiger partial charge in [0, 0.05) is 10.9 Å². The van der Waals surface area contributed by atoms with Gasteiger partial charge in [-0.2, -0.15) is 5.10 Å². The molecule has 140 valence electrons. The van der Waals surface area contributed by atoms with Crippen molar-refractivity contribution in [2.24, 2.45) is 0 Å². The first-order valence-corrected chi connectivity index (χ1v) is 10.00. The number of benzene rings is 1. The van der Waals surface area contributed by atoms with Gasteiger partial charge < -0.3 is 5.11 Å². The van der Waals surface area contributed by atoms with Gasteiger partial charge in [-0.15, -0.1) is 11.3 Å². The van der Waals surface area contributed by atoms with Crippen LogP contribution in [0.5, 0.6) is 0 Å². The Morgan fingerprint density at radius 2 is 1.96 bits per heavy atom. The van der Waals surface area contributed by atoms with Crippen molar-refractivity contribution in [2.75, 3.05) is 0 Å². The zero-order valence-electron chi connectivity index (χ0n) is 14.8. The zero-order chi connectivity index (χ0) is 18.8. The van der Waals surface area contributed by atoms with Crippen molar-refractivity contribution in [1.29, 1.82) is 0 Å². The highest BCUT2D eigenvalue weighted by atomic mass is 32.1. The van der Waals surface area contributed by atoms with Gasteiger partial charge in [0.1, 0.15) is 10.8 Å². The second kappa shape index (κ2) is 7.60. The molecule has 3 aromatic rings. The van der Waals surface area contributed by atoms with Crippen molar-refractivity contribution >= 4 is 17.3 Å². The van der Waals surface area contributed by atoms with Gasteiger partial charge in [0.2, 0.25) is 0 Å². The maximum Gasteiger partial charge on any atom is 0.309 e. The van der Waals surface area contributed by atoms with Crippen LogP contribution in [-0.2, 0) is 11.2 Å². The number of hydrogen-bond donors (Lipinski definition) is 1. The molecule has 0 unspecified atom stereocenters. The molecule has 0 spiro atoms. The molecule has 7 heteroatoms. The van der Waals surface area contributed by atoms with E-state index in [1.54, 1.807) is 23.7 Å². The van der Waals surface area contributed by atoms with Crippen LogP contribution >= 0.6 is 11.3 Å². The number of aliphatic carboxylic acids is 1. The van der Waals surface area contributed by atoms with Crippen LogP contribution < -0.4 is 0 Å². The molecule has 0 atom stereocenters. The largest absolute Gasteiger partial charge is 0.481 e. The summed E-state index contributed by atoms with van der Waals surface area (Å²) in [6, 6.07) is 6.76. The minimum absolute atomic E-state index is 0.0981. The van der Waals surface area contributed by atoms with E-state index < -0.39 is 5.97 Å². The van der Waals surface area contributed by atoms with E-state index in [1.165, 1.54) is 42.7 Å². The molecule has 4 rings (SSSR count). The molecule has 0 bridgehead atoms. The number of carboxylic acid groups (broad SMARTS) is 1. The fraction of sp³-hybridized carbons (Fsp3) is 0.350. The first-order valence-electron chi connectivity index (χ1n) is 9.12. The van der Waals surface area contributed by atoms with E-state index in [0.717, 1.165) is 34.7 Å². The molecule has 1 saturated carbocycles. The summed E-state index contributed by atoms with van der Waals surface area (Å²) in [5.74, 6) is -1.18. The van der Waals surface area contributed by atoms with Crippen LogP contribution in [-0.4, -0.2) is 25.8 Å². The summed E-state index contributed by atoms with van der Waals surface area (Å²) in [5.41, 5.74) is 3.23. The third-order valence-corrected chi connectivity index (χ3v) is 5.87. The van der Waals surface area contributed by atoms with E-state index in [0.29, 0.717) is 11.7 Å². The summed E-state index contributed by atoms with van der Waals surface area (Å²) in [6.45, 7) is 0. The van der Waals surface area contributed by atoms with E-state index in [9.17, 15) is 9.18 Å². The Balaban J connectivity index is 1.79. The summed E-state index contributed by atoms with van der Waals surface area (Å²) < 4.78 is 15.5. The average Bonchev–Trinajstić information content (AvgIpc) is 3.29. The lowest BCUT2D eigenvalue weighted by atomic mass is 9.95. The molecule has 0 aliphatic heterocycles. The Bertz CT molecular complexity index is 943. The van der Waals surface area contributed by atoms with Crippen LogP contribution in [0.25, 0.3) is 21.8 Å². The van der Waals surface area contributed by atoms with Crippen molar-refractivity contribution in [3.05, 3.63) is 47.4 Å². The molecular weight excluding hydrogens is 365 g/mol. The normalized spacial score (nSPS) is 15.1. The third kappa shape index (κ3) is 3.78. The number of carboxylic acids is 1. The van der Waals surface area contributed by atoms with Crippen molar-refractivity contribution in [2.45, 2.75) is 44.6 Å². The molecular formula is C20H20FN3O2S. The molecule has 0 radical (unpaired) electrons. The molecule has 1 N–H and O–H groups in total. The first-order chi connectivity index (χ1) is 13.1. The molecule has 1 aliphatic carbocycles.